The first-order valence-corrected chi connectivity index (χ1v) is 5.88. The number of hydrogen-bond donors (Lipinski definition) is 1. The Morgan fingerprint density at radius 1 is 1.41 bits per heavy atom. The van der Waals surface area contributed by atoms with Gasteiger partial charge in [-0.3, -0.25) is 0 Å². The molecule has 1 heterocycles. The van der Waals surface area contributed by atoms with Crippen LogP contribution in [0.2, 0.25) is 0 Å². The lowest BCUT2D eigenvalue weighted by Crippen LogP contribution is -2.00. The van der Waals surface area contributed by atoms with E-state index in [4.69, 9.17) is 5.73 Å². The van der Waals surface area contributed by atoms with Gasteiger partial charge >= 0.3 is 5.97 Å². The number of esters is 1. The van der Waals surface area contributed by atoms with E-state index in [0.717, 1.165) is 16.9 Å². The molecule has 0 radical (unpaired) electrons. The van der Waals surface area contributed by atoms with E-state index in [1.165, 1.54) is 18.4 Å². The second kappa shape index (κ2) is 4.97. The van der Waals surface area contributed by atoms with Gasteiger partial charge in [-0.2, -0.15) is 0 Å². The first kappa shape index (κ1) is 11.6. The number of carbonyl (C=O) groups is 1. The average molecular weight is 248 g/mol. The Morgan fingerprint density at radius 2 is 2.12 bits per heavy atom. The van der Waals surface area contributed by atoms with Gasteiger partial charge in [0, 0.05) is 17.5 Å². The van der Waals surface area contributed by atoms with Crippen molar-refractivity contribution in [1.82, 2.24) is 4.98 Å². The molecule has 0 amide bonds. The fraction of sp³-hybridized carbons (Fsp3) is 0.167. The van der Waals surface area contributed by atoms with Crippen LogP contribution in [0.1, 0.15) is 20.8 Å². The highest BCUT2D eigenvalue weighted by Gasteiger charge is 2.05. The standard InChI is InChI=1S/C12H12N2O2S/c1-16-11(15)9-4-2-8(3-5-9)6-10-7-14-12(13)17-10/h2-5,7H,6H2,1H3,(H2,13,14). The molecule has 1 aromatic carbocycles. The van der Waals surface area contributed by atoms with Gasteiger partial charge in [-0.05, 0) is 17.7 Å². The fourth-order valence-electron chi connectivity index (χ4n) is 1.48. The van der Waals surface area contributed by atoms with Crippen molar-refractivity contribution in [3.8, 4) is 0 Å². The molecule has 2 rings (SSSR count). The number of nitrogen functional groups attached to an aromatic ring is 1. The van der Waals surface area contributed by atoms with Crippen molar-refractivity contribution in [3.63, 3.8) is 0 Å². The second-order valence-corrected chi connectivity index (χ2v) is 4.68. The molecular formula is C12H12N2O2S. The third kappa shape index (κ3) is 2.82. The Kier molecular flexibility index (Phi) is 3.39. The summed E-state index contributed by atoms with van der Waals surface area (Å²) < 4.78 is 4.63. The maximum absolute atomic E-state index is 11.2. The van der Waals surface area contributed by atoms with Crippen molar-refractivity contribution in [2.45, 2.75) is 6.42 Å². The number of thiazole rings is 1. The summed E-state index contributed by atoms with van der Waals surface area (Å²) in [6, 6.07) is 7.32. The molecule has 2 N–H and O–H groups in total. The van der Waals surface area contributed by atoms with E-state index >= 15 is 0 Å². The zero-order valence-corrected chi connectivity index (χ0v) is 10.2. The molecule has 17 heavy (non-hydrogen) atoms. The highest BCUT2D eigenvalue weighted by molar-refractivity contribution is 7.15. The van der Waals surface area contributed by atoms with Crippen LogP contribution in [-0.2, 0) is 11.2 Å². The Bertz CT molecular complexity index is 520. The number of methoxy groups -OCH3 is 1. The van der Waals surface area contributed by atoms with Gasteiger partial charge in [0.15, 0.2) is 5.13 Å². The molecule has 1 aromatic heterocycles. The smallest absolute Gasteiger partial charge is 0.337 e. The normalized spacial score (nSPS) is 10.2. The van der Waals surface area contributed by atoms with E-state index in [1.807, 2.05) is 12.1 Å². The molecule has 0 atom stereocenters. The van der Waals surface area contributed by atoms with Crippen LogP contribution in [0.25, 0.3) is 0 Å². The van der Waals surface area contributed by atoms with Crippen LogP contribution in [0.3, 0.4) is 0 Å². The SMILES string of the molecule is COC(=O)c1ccc(Cc2cnc(N)s2)cc1. The van der Waals surface area contributed by atoms with Crippen molar-refractivity contribution in [3.05, 3.63) is 46.5 Å². The number of ether oxygens (including phenoxy) is 1. The molecule has 0 bridgehead atoms. The quantitative estimate of drug-likeness (QED) is 0.845. The summed E-state index contributed by atoms with van der Waals surface area (Å²) in [5.74, 6) is -0.321. The maximum atomic E-state index is 11.2. The van der Waals surface area contributed by atoms with Crippen LogP contribution < -0.4 is 5.73 Å². The van der Waals surface area contributed by atoms with Crippen molar-refractivity contribution >= 4 is 22.4 Å². The zero-order valence-electron chi connectivity index (χ0n) is 9.34. The van der Waals surface area contributed by atoms with Crippen LogP contribution in [0.15, 0.2) is 30.5 Å². The van der Waals surface area contributed by atoms with E-state index in [1.54, 1.807) is 18.3 Å². The molecule has 0 aliphatic heterocycles. The summed E-state index contributed by atoms with van der Waals surface area (Å²) >= 11 is 1.47. The lowest BCUT2D eigenvalue weighted by molar-refractivity contribution is 0.0600. The van der Waals surface area contributed by atoms with Crippen LogP contribution in [0.4, 0.5) is 5.13 Å². The maximum Gasteiger partial charge on any atom is 0.337 e. The predicted octanol–water partition coefficient (Wildman–Crippen LogP) is 2.10. The highest BCUT2D eigenvalue weighted by Crippen LogP contribution is 2.18. The van der Waals surface area contributed by atoms with Crippen molar-refractivity contribution < 1.29 is 9.53 Å². The molecule has 88 valence electrons. The number of carbonyl (C=O) groups excluding carboxylic acids is 1. The fourth-order valence-corrected chi connectivity index (χ4v) is 2.20. The lowest BCUT2D eigenvalue weighted by atomic mass is 10.1. The van der Waals surface area contributed by atoms with Crippen molar-refractivity contribution in [1.29, 1.82) is 0 Å². The molecule has 0 unspecified atom stereocenters. The van der Waals surface area contributed by atoms with Crippen LogP contribution in [0, 0.1) is 0 Å². The third-order valence-corrected chi connectivity index (χ3v) is 3.15. The minimum atomic E-state index is -0.321. The summed E-state index contributed by atoms with van der Waals surface area (Å²) in [6.45, 7) is 0. The summed E-state index contributed by atoms with van der Waals surface area (Å²) in [6.07, 6.45) is 2.55. The van der Waals surface area contributed by atoms with E-state index in [0.29, 0.717) is 10.7 Å². The molecule has 2 aromatic rings. The predicted molar refractivity (Wildman–Crippen MR) is 67.1 cm³/mol. The van der Waals surface area contributed by atoms with Gasteiger partial charge in [-0.25, -0.2) is 9.78 Å². The highest BCUT2D eigenvalue weighted by atomic mass is 32.1. The monoisotopic (exact) mass is 248 g/mol. The van der Waals surface area contributed by atoms with Gasteiger partial charge in [0.1, 0.15) is 0 Å². The molecule has 0 spiro atoms. The number of anilines is 1. The molecule has 0 aliphatic carbocycles. The Morgan fingerprint density at radius 3 is 2.65 bits per heavy atom. The van der Waals surface area contributed by atoms with Crippen LogP contribution in [-0.4, -0.2) is 18.1 Å². The minimum Gasteiger partial charge on any atom is -0.465 e. The Labute approximate surface area is 103 Å². The van der Waals surface area contributed by atoms with Crippen LogP contribution >= 0.6 is 11.3 Å². The van der Waals surface area contributed by atoms with Crippen molar-refractivity contribution in [2.24, 2.45) is 0 Å². The molecule has 0 saturated heterocycles. The molecule has 4 nitrogen and oxygen atoms in total. The van der Waals surface area contributed by atoms with E-state index in [2.05, 4.69) is 9.72 Å². The van der Waals surface area contributed by atoms with Crippen molar-refractivity contribution in [2.75, 3.05) is 12.8 Å². The molecule has 0 fully saturated rings. The lowest BCUT2D eigenvalue weighted by Gasteiger charge is -2.01. The number of rotatable bonds is 3. The number of nitrogens with zero attached hydrogens (tertiary/aromatic N) is 1. The molecular weight excluding hydrogens is 236 g/mol. The molecule has 0 aliphatic rings. The average Bonchev–Trinajstić information content (AvgIpc) is 2.75. The number of hydrogen-bond acceptors (Lipinski definition) is 5. The summed E-state index contributed by atoms with van der Waals surface area (Å²) in [4.78, 5) is 16.3. The van der Waals surface area contributed by atoms with Gasteiger partial charge in [-0.1, -0.05) is 12.1 Å². The van der Waals surface area contributed by atoms with Crippen LogP contribution in [0.5, 0.6) is 0 Å². The first-order valence-electron chi connectivity index (χ1n) is 5.06. The number of nitrogens with two attached hydrogens (primary N) is 1. The van der Waals surface area contributed by atoms with Gasteiger partial charge in [0.05, 0.1) is 12.7 Å². The van der Waals surface area contributed by atoms with Gasteiger partial charge in [0.2, 0.25) is 0 Å². The largest absolute Gasteiger partial charge is 0.465 e. The zero-order chi connectivity index (χ0) is 12.3. The van der Waals surface area contributed by atoms with E-state index < -0.39 is 0 Å². The van der Waals surface area contributed by atoms with E-state index in [-0.39, 0.29) is 5.97 Å². The van der Waals surface area contributed by atoms with Gasteiger partial charge in [0.25, 0.3) is 0 Å². The topological polar surface area (TPSA) is 65.2 Å². The minimum absolute atomic E-state index is 0.321. The number of benzene rings is 1. The molecule has 5 heteroatoms. The second-order valence-electron chi connectivity index (χ2n) is 3.53. The number of aromatic nitrogens is 1. The van der Waals surface area contributed by atoms with Gasteiger partial charge < -0.3 is 10.5 Å². The van der Waals surface area contributed by atoms with Gasteiger partial charge in [-0.15, -0.1) is 11.3 Å². The summed E-state index contributed by atoms with van der Waals surface area (Å²) in [5.41, 5.74) is 7.23. The van der Waals surface area contributed by atoms with E-state index in [9.17, 15) is 4.79 Å². The third-order valence-electron chi connectivity index (χ3n) is 2.32. The molecule has 0 saturated carbocycles. The summed E-state index contributed by atoms with van der Waals surface area (Å²) in [7, 11) is 1.37. The summed E-state index contributed by atoms with van der Waals surface area (Å²) in [5, 5.41) is 0.575. The first-order chi connectivity index (χ1) is 8.19. The Hall–Kier alpha value is -1.88. The Balaban J connectivity index is 2.10.